The van der Waals surface area contributed by atoms with Gasteiger partial charge in [0, 0.05) is 10.7 Å². The Morgan fingerprint density at radius 3 is 2.68 bits per heavy atom. The molecule has 0 bridgehead atoms. The second-order valence-electron chi connectivity index (χ2n) is 4.12. The van der Waals surface area contributed by atoms with Gasteiger partial charge in [0.2, 0.25) is 5.88 Å². The smallest absolute Gasteiger partial charge is 0.341 e. The first-order valence-electron chi connectivity index (χ1n) is 5.62. The Morgan fingerprint density at radius 2 is 2.00 bits per heavy atom. The summed E-state index contributed by atoms with van der Waals surface area (Å²) in [6.07, 6.45) is 0. The predicted octanol–water partition coefficient (Wildman–Crippen LogP) is 3.84. The first-order valence-corrected chi connectivity index (χ1v) is 6.00. The number of carboxylic acid groups (broad SMARTS) is 1. The molecule has 0 unspecified atom stereocenters. The highest BCUT2D eigenvalue weighted by molar-refractivity contribution is 6.30. The molecule has 1 heterocycles. The Bertz CT molecular complexity index is 641. The van der Waals surface area contributed by atoms with Crippen molar-refractivity contribution in [1.29, 1.82) is 0 Å². The van der Waals surface area contributed by atoms with Crippen LogP contribution < -0.4 is 4.74 Å². The zero-order valence-electron chi connectivity index (χ0n) is 10.5. The number of pyridine rings is 1. The van der Waals surface area contributed by atoms with E-state index in [9.17, 15) is 4.79 Å². The summed E-state index contributed by atoms with van der Waals surface area (Å²) in [4.78, 5) is 15.2. The number of benzene rings is 1. The van der Waals surface area contributed by atoms with Crippen LogP contribution in [0.1, 0.15) is 21.6 Å². The normalized spacial score (nSPS) is 10.3. The summed E-state index contributed by atoms with van der Waals surface area (Å²) in [5.74, 6) is -0.520. The van der Waals surface area contributed by atoms with Gasteiger partial charge < -0.3 is 9.84 Å². The SMILES string of the molecule is Cc1ccc(C(=O)O)c(Oc2cc(Cl)ccc2C)n1. The van der Waals surface area contributed by atoms with Crippen LogP contribution in [0.2, 0.25) is 5.02 Å². The number of halogens is 1. The lowest BCUT2D eigenvalue weighted by atomic mass is 10.2. The number of ether oxygens (including phenoxy) is 1. The van der Waals surface area contributed by atoms with Crippen LogP contribution in [0.4, 0.5) is 0 Å². The van der Waals surface area contributed by atoms with E-state index >= 15 is 0 Å². The fourth-order valence-electron chi connectivity index (χ4n) is 1.56. The minimum Gasteiger partial charge on any atom is -0.477 e. The number of nitrogens with zero attached hydrogens (tertiary/aromatic N) is 1. The lowest BCUT2D eigenvalue weighted by Gasteiger charge is -2.10. The van der Waals surface area contributed by atoms with Crippen LogP contribution in [-0.2, 0) is 0 Å². The topological polar surface area (TPSA) is 59.4 Å². The van der Waals surface area contributed by atoms with Gasteiger partial charge in [-0.25, -0.2) is 9.78 Å². The average Bonchev–Trinajstić information content (AvgIpc) is 2.33. The summed E-state index contributed by atoms with van der Waals surface area (Å²) in [7, 11) is 0. The molecule has 2 aromatic rings. The van der Waals surface area contributed by atoms with Gasteiger partial charge in [0.15, 0.2) is 0 Å². The molecule has 0 aliphatic rings. The van der Waals surface area contributed by atoms with Crippen molar-refractivity contribution in [3.8, 4) is 11.6 Å². The molecule has 0 atom stereocenters. The van der Waals surface area contributed by atoms with Gasteiger partial charge in [-0.15, -0.1) is 0 Å². The maximum absolute atomic E-state index is 11.1. The highest BCUT2D eigenvalue weighted by Crippen LogP contribution is 2.29. The second kappa shape index (κ2) is 5.28. The number of aryl methyl sites for hydroxylation is 2. The minimum absolute atomic E-state index is 0.0185. The standard InChI is InChI=1S/C14H12ClNO3/c1-8-3-5-10(15)7-12(8)19-13-11(14(17)18)6-4-9(2)16-13/h3-7H,1-2H3,(H,17,18). The Kier molecular flexibility index (Phi) is 3.71. The molecule has 1 N–H and O–H groups in total. The first-order chi connectivity index (χ1) is 8.97. The fraction of sp³-hybridized carbons (Fsp3) is 0.143. The molecule has 0 aliphatic heterocycles. The number of aromatic carboxylic acids is 1. The van der Waals surface area contributed by atoms with E-state index < -0.39 is 5.97 Å². The van der Waals surface area contributed by atoms with E-state index in [-0.39, 0.29) is 11.4 Å². The monoisotopic (exact) mass is 277 g/mol. The van der Waals surface area contributed by atoms with Crippen molar-refractivity contribution in [3.05, 3.63) is 52.2 Å². The maximum Gasteiger partial charge on any atom is 0.341 e. The quantitative estimate of drug-likeness (QED) is 0.926. The Hall–Kier alpha value is -2.07. The number of hydrogen-bond donors (Lipinski definition) is 1. The molecular formula is C14H12ClNO3. The van der Waals surface area contributed by atoms with Crippen LogP contribution in [-0.4, -0.2) is 16.1 Å². The lowest BCUT2D eigenvalue weighted by molar-refractivity contribution is 0.0693. The predicted molar refractivity (Wildman–Crippen MR) is 72.2 cm³/mol. The molecule has 98 valence electrons. The minimum atomic E-state index is -1.08. The van der Waals surface area contributed by atoms with Crippen molar-refractivity contribution in [2.24, 2.45) is 0 Å². The van der Waals surface area contributed by atoms with Crippen molar-refractivity contribution in [1.82, 2.24) is 4.98 Å². The van der Waals surface area contributed by atoms with Gasteiger partial charge in [-0.1, -0.05) is 17.7 Å². The van der Waals surface area contributed by atoms with Gasteiger partial charge in [0.1, 0.15) is 11.3 Å². The van der Waals surface area contributed by atoms with E-state index in [1.54, 1.807) is 31.2 Å². The summed E-state index contributed by atoms with van der Waals surface area (Å²) in [5, 5.41) is 9.63. The van der Waals surface area contributed by atoms with Crippen LogP contribution in [0, 0.1) is 13.8 Å². The summed E-state index contributed by atoms with van der Waals surface area (Å²) < 4.78 is 5.59. The van der Waals surface area contributed by atoms with Gasteiger partial charge in [-0.05, 0) is 43.7 Å². The van der Waals surface area contributed by atoms with Crippen LogP contribution >= 0.6 is 11.6 Å². The van der Waals surface area contributed by atoms with E-state index in [0.29, 0.717) is 16.5 Å². The number of hydrogen-bond acceptors (Lipinski definition) is 3. The molecule has 0 spiro atoms. The largest absolute Gasteiger partial charge is 0.477 e. The van der Waals surface area contributed by atoms with E-state index in [1.807, 2.05) is 6.92 Å². The third-order valence-electron chi connectivity index (χ3n) is 2.59. The van der Waals surface area contributed by atoms with Crippen molar-refractivity contribution >= 4 is 17.6 Å². The zero-order chi connectivity index (χ0) is 14.0. The molecule has 0 aliphatic carbocycles. The van der Waals surface area contributed by atoms with Crippen molar-refractivity contribution in [3.63, 3.8) is 0 Å². The third-order valence-corrected chi connectivity index (χ3v) is 2.82. The fourth-order valence-corrected chi connectivity index (χ4v) is 1.72. The summed E-state index contributed by atoms with van der Waals surface area (Å²) in [5.41, 5.74) is 1.55. The molecular weight excluding hydrogens is 266 g/mol. The molecule has 4 nitrogen and oxygen atoms in total. The zero-order valence-corrected chi connectivity index (χ0v) is 11.2. The van der Waals surface area contributed by atoms with Gasteiger partial charge in [0.25, 0.3) is 0 Å². The summed E-state index contributed by atoms with van der Waals surface area (Å²) >= 11 is 5.90. The van der Waals surface area contributed by atoms with Gasteiger partial charge >= 0.3 is 5.97 Å². The molecule has 0 amide bonds. The molecule has 0 saturated carbocycles. The molecule has 0 saturated heterocycles. The molecule has 5 heteroatoms. The van der Waals surface area contributed by atoms with Crippen LogP contribution in [0.5, 0.6) is 11.6 Å². The van der Waals surface area contributed by atoms with Crippen LogP contribution in [0.3, 0.4) is 0 Å². The van der Waals surface area contributed by atoms with Gasteiger partial charge in [0.05, 0.1) is 0 Å². The maximum atomic E-state index is 11.1. The third kappa shape index (κ3) is 3.03. The summed E-state index contributed by atoms with van der Waals surface area (Å²) in [6, 6.07) is 8.27. The van der Waals surface area contributed by atoms with Gasteiger partial charge in [-0.3, -0.25) is 0 Å². The summed E-state index contributed by atoms with van der Waals surface area (Å²) in [6.45, 7) is 3.62. The van der Waals surface area contributed by atoms with E-state index in [1.165, 1.54) is 6.07 Å². The lowest BCUT2D eigenvalue weighted by Crippen LogP contribution is -2.03. The Balaban J connectivity index is 2.45. The molecule has 1 aromatic heterocycles. The van der Waals surface area contributed by atoms with Crippen LogP contribution in [0.15, 0.2) is 30.3 Å². The highest BCUT2D eigenvalue weighted by Gasteiger charge is 2.14. The molecule has 2 rings (SSSR count). The number of carboxylic acids is 1. The number of carbonyl (C=O) groups is 1. The first kappa shape index (κ1) is 13.4. The number of aromatic nitrogens is 1. The molecule has 0 fully saturated rings. The van der Waals surface area contributed by atoms with E-state index in [4.69, 9.17) is 21.4 Å². The van der Waals surface area contributed by atoms with Crippen LogP contribution in [0.25, 0.3) is 0 Å². The van der Waals surface area contributed by atoms with E-state index in [2.05, 4.69) is 4.98 Å². The average molecular weight is 278 g/mol. The second-order valence-corrected chi connectivity index (χ2v) is 4.56. The van der Waals surface area contributed by atoms with Crippen molar-refractivity contribution in [2.45, 2.75) is 13.8 Å². The Labute approximate surface area is 115 Å². The Morgan fingerprint density at radius 1 is 1.26 bits per heavy atom. The van der Waals surface area contributed by atoms with Gasteiger partial charge in [-0.2, -0.15) is 0 Å². The van der Waals surface area contributed by atoms with Crippen molar-refractivity contribution in [2.75, 3.05) is 0 Å². The molecule has 19 heavy (non-hydrogen) atoms. The molecule has 0 radical (unpaired) electrons. The van der Waals surface area contributed by atoms with E-state index in [0.717, 1.165) is 5.56 Å². The highest BCUT2D eigenvalue weighted by atomic mass is 35.5. The molecule has 1 aromatic carbocycles. The number of rotatable bonds is 3. The van der Waals surface area contributed by atoms with Crippen molar-refractivity contribution < 1.29 is 14.6 Å².